The second-order valence-corrected chi connectivity index (χ2v) is 5.50. The summed E-state index contributed by atoms with van der Waals surface area (Å²) in [7, 11) is 2.99. The van der Waals surface area contributed by atoms with Gasteiger partial charge in [-0.1, -0.05) is 13.8 Å². The molecule has 1 rings (SSSR count). The second kappa shape index (κ2) is 7.68. The molecular weight excluding hydrogens is 286 g/mol. The van der Waals surface area contributed by atoms with E-state index in [0.717, 1.165) is 0 Å². The Kier molecular flexibility index (Phi) is 6.22. The summed E-state index contributed by atoms with van der Waals surface area (Å²) in [6, 6.07) is 3.94. The van der Waals surface area contributed by atoms with E-state index < -0.39 is 17.9 Å². The van der Waals surface area contributed by atoms with Crippen molar-refractivity contribution in [2.45, 2.75) is 26.8 Å². The molecule has 6 heteroatoms. The number of methoxy groups -OCH3 is 1. The Balaban J connectivity index is 3.10. The highest BCUT2D eigenvalue weighted by Gasteiger charge is 2.25. The van der Waals surface area contributed by atoms with E-state index in [2.05, 4.69) is 0 Å². The van der Waals surface area contributed by atoms with E-state index in [1.165, 1.54) is 26.0 Å². The normalized spacial score (nSPS) is 11.9. The van der Waals surface area contributed by atoms with Crippen molar-refractivity contribution in [2.75, 3.05) is 20.8 Å². The first-order chi connectivity index (χ1) is 10.3. The van der Waals surface area contributed by atoms with Crippen LogP contribution in [0.4, 0.5) is 0 Å². The Morgan fingerprint density at radius 3 is 2.41 bits per heavy atom. The molecule has 1 amide bonds. The van der Waals surface area contributed by atoms with Gasteiger partial charge in [-0.3, -0.25) is 4.79 Å². The Morgan fingerprint density at radius 1 is 1.27 bits per heavy atom. The summed E-state index contributed by atoms with van der Waals surface area (Å²) >= 11 is 0. The summed E-state index contributed by atoms with van der Waals surface area (Å²) in [6.45, 7) is 5.91. The molecule has 1 aromatic rings. The van der Waals surface area contributed by atoms with Crippen molar-refractivity contribution in [3.63, 3.8) is 0 Å². The Labute approximate surface area is 130 Å². The number of carbonyl (C=O) groups is 2. The number of carboxylic acid groups (broad SMARTS) is 1. The first kappa shape index (κ1) is 17.8. The number of hydrogen-bond donors (Lipinski definition) is 1. The van der Waals surface area contributed by atoms with Crippen molar-refractivity contribution in [3.05, 3.63) is 23.8 Å². The van der Waals surface area contributed by atoms with E-state index in [1.807, 2.05) is 13.8 Å². The minimum Gasteiger partial charge on any atom is -0.497 e. The zero-order chi connectivity index (χ0) is 16.9. The highest BCUT2D eigenvalue weighted by atomic mass is 16.5. The smallest absolute Gasteiger partial charge is 0.326 e. The predicted molar refractivity (Wildman–Crippen MR) is 82.5 cm³/mol. The maximum absolute atomic E-state index is 12.5. The largest absolute Gasteiger partial charge is 0.497 e. The molecule has 122 valence electrons. The highest BCUT2D eigenvalue weighted by molar-refractivity contribution is 5.98. The fourth-order valence-corrected chi connectivity index (χ4v) is 1.71. The van der Waals surface area contributed by atoms with E-state index >= 15 is 0 Å². The summed E-state index contributed by atoms with van der Waals surface area (Å²) in [5, 5.41) is 9.03. The van der Waals surface area contributed by atoms with E-state index in [9.17, 15) is 9.59 Å². The molecule has 1 aromatic carbocycles. The van der Waals surface area contributed by atoms with Crippen LogP contribution < -0.4 is 9.47 Å². The SMILES string of the molecule is COc1ccc(C(=O)N(C)C(C)C(=O)O)c(OCC(C)C)c1. The molecule has 22 heavy (non-hydrogen) atoms. The van der Waals surface area contributed by atoms with Crippen LogP contribution >= 0.6 is 0 Å². The van der Waals surface area contributed by atoms with Crippen LogP contribution in [0, 0.1) is 5.92 Å². The number of carbonyl (C=O) groups excluding carboxylic acids is 1. The standard InChI is InChI=1S/C16H23NO5/c1-10(2)9-22-14-8-12(21-5)6-7-13(14)15(18)17(4)11(3)16(19)20/h6-8,10-11H,9H2,1-5H3,(H,19,20). The monoisotopic (exact) mass is 309 g/mol. The molecule has 0 aromatic heterocycles. The van der Waals surface area contributed by atoms with Crippen molar-refractivity contribution < 1.29 is 24.2 Å². The van der Waals surface area contributed by atoms with E-state index in [-0.39, 0.29) is 0 Å². The lowest BCUT2D eigenvalue weighted by Gasteiger charge is -2.23. The van der Waals surface area contributed by atoms with Crippen LogP contribution in [0.25, 0.3) is 0 Å². The molecule has 0 aliphatic carbocycles. The van der Waals surface area contributed by atoms with Crippen LogP contribution in [0.5, 0.6) is 11.5 Å². The van der Waals surface area contributed by atoms with Crippen LogP contribution in [-0.4, -0.2) is 48.7 Å². The zero-order valence-electron chi connectivity index (χ0n) is 13.6. The van der Waals surface area contributed by atoms with Crippen LogP contribution in [0.2, 0.25) is 0 Å². The molecule has 0 spiro atoms. The number of carboxylic acids is 1. The van der Waals surface area contributed by atoms with Crippen LogP contribution in [0.3, 0.4) is 0 Å². The van der Waals surface area contributed by atoms with E-state index in [4.69, 9.17) is 14.6 Å². The van der Waals surface area contributed by atoms with E-state index in [1.54, 1.807) is 18.2 Å². The number of benzene rings is 1. The van der Waals surface area contributed by atoms with Crippen molar-refractivity contribution in [1.82, 2.24) is 4.90 Å². The van der Waals surface area contributed by atoms with Gasteiger partial charge in [-0.15, -0.1) is 0 Å². The minimum absolute atomic E-state index is 0.296. The van der Waals surface area contributed by atoms with E-state index in [0.29, 0.717) is 29.6 Å². The number of aliphatic carboxylic acids is 1. The molecule has 0 fully saturated rings. The average Bonchev–Trinajstić information content (AvgIpc) is 2.50. The quantitative estimate of drug-likeness (QED) is 0.836. The molecule has 0 radical (unpaired) electrons. The Morgan fingerprint density at radius 2 is 1.91 bits per heavy atom. The van der Waals surface area contributed by atoms with Gasteiger partial charge in [0.05, 0.1) is 19.3 Å². The van der Waals surface area contributed by atoms with Gasteiger partial charge in [-0.2, -0.15) is 0 Å². The van der Waals surface area contributed by atoms with Crippen LogP contribution in [0.15, 0.2) is 18.2 Å². The second-order valence-electron chi connectivity index (χ2n) is 5.50. The molecule has 1 unspecified atom stereocenters. The maximum Gasteiger partial charge on any atom is 0.326 e. The number of amides is 1. The van der Waals surface area contributed by atoms with Crippen LogP contribution in [0.1, 0.15) is 31.1 Å². The molecule has 1 N–H and O–H groups in total. The summed E-state index contributed by atoms with van der Waals surface area (Å²) in [6.07, 6.45) is 0. The lowest BCUT2D eigenvalue weighted by molar-refractivity contribution is -0.141. The van der Waals surface area contributed by atoms with Gasteiger partial charge < -0.3 is 19.5 Å². The highest BCUT2D eigenvalue weighted by Crippen LogP contribution is 2.26. The molecule has 6 nitrogen and oxygen atoms in total. The lowest BCUT2D eigenvalue weighted by Crippen LogP contribution is -2.40. The Hall–Kier alpha value is -2.24. The van der Waals surface area contributed by atoms with Gasteiger partial charge in [0.25, 0.3) is 5.91 Å². The van der Waals surface area contributed by atoms with Gasteiger partial charge in [-0.05, 0) is 25.0 Å². The number of rotatable bonds is 7. The van der Waals surface area contributed by atoms with Gasteiger partial charge >= 0.3 is 5.97 Å². The van der Waals surface area contributed by atoms with Gasteiger partial charge in [0.2, 0.25) is 0 Å². The fraction of sp³-hybridized carbons (Fsp3) is 0.500. The molecular formula is C16H23NO5. The third-order valence-electron chi connectivity index (χ3n) is 3.25. The zero-order valence-corrected chi connectivity index (χ0v) is 13.6. The van der Waals surface area contributed by atoms with Crippen molar-refractivity contribution >= 4 is 11.9 Å². The summed E-state index contributed by atoms with van der Waals surface area (Å²) < 4.78 is 10.8. The summed E-state index contributed by atoms with van der Waals surface area (Å²) in [4.78, 5) is 24.7. The van der Waals surface area contributed by atoms with Crippen LogP contribution in [-0.2, 0) is 4.79 Å². The number of ether oxygens (including phenoxy) is 2. The average molecular weight is 309 g/mol. The molecule has 0 saturated carbocycles. The number of likely N-dealkylation sites (N-methyl/N-ethyl adjacent to an activating group) is 1. The number of hydrogen-bond acceptors (Lipinski definition) is 4. The molecule has 0 bridgehead atoms. The van der Waals surface area contributed by atoms with Gasteiger partial charge in [-0.25, -0.2) is 4.79 Å². The topological polar surface area (TPSA) is 76.1 Å². The molecule has 1 atom stereocenters. The molecule has 0 aliphatic rings. The lowest BCUT2D eigenvalue weighted by atomic mass is 10.1. The van der Waals surface area contributed by atoms with Gasteiger partial charge in [0.15, 0.2) is 0 Å². The fourth-order valence-electron chi connectivity index (χ4n) is 1.71. The maximum atomic E-state index is 12.5. The predicted octanol–water partition coefficient (Wildman–Crippen LogP) is 2.28. The van der Waals surface area contributed by atoms with Gasteiger partial charge in [0.1, 0.15) is 17.5 Å². The third kappa shape index (κ3) is 4.38. The summed E-state index contributed by atoms with van der Waals surface area (Å²) in [5.74, 6) is -0.207. The summed E-state index contributed by atoms with van der Waals surface area (Å²) in [5.41, 5.74) is 0.317. The van der Waals surface area contributed by atoms with Crippen molar-refractivity contribution in [3.8, 4) is 11.5 Å². The first-order valence-corrected chi connectivity index (χ1v) is 7.08. The Bertz CT molecular complexity index is 541. The molecule has 0 aliphatic heterocycles. The molecule has 0 heterocycles. The first-order valence-electron chi connectivity index (χ1n) is 7.08. The number of nitrogens with zero attached hydrogens (tertiary/aromatic N) is 1. The van der Waals surface area contributed by atoms with Crippen molar-refractivity contribution in [1.29, 1.82) is 0 Å². The molecule has 0 saturated heterocycles. The van der Waals surface area contributed by atoms with Crippen molar-refractivity contribution in [2.24, 2.45) is 5.92 Å². The van der Waals surface area contributed by atoms with Gasteiger partial charge in [0, 0.05) is 13.1 Å². The minimum atomic E-state index is -1.06. The third-order valence-corrected chi connectivity index (χ3v) is 3.25.